The summed E-state index contributed by atoms with van der Waals surface area (Å²) in [5, 5.41) is 3.00. The van der Waals surface area contributed by atoms with Gasteiger partial charge in [0.15, 0.2) is 0 Å². The molecule has 0 aliphatic carbocycles. The Labute approximate surface area is 484 Å². The van der Waals surface area contributed by atoms with Crippen molar-refractivity contribution in [3.8, 4) is 0 Å². The van der Waals surface area contributed by atoms with Crippen LogP contribution in [0.25, 0.3) is 0 Å². The van der Waals surface area contributed by atoms with Crippen LogP contribution in [0.1, 0.15) is 213 Å². The molecule has 9 nitrogen and oxygen atoms in total. The van der Waals surface area contributed by atoms with Gasteiger partial charge in [-0.3, -0.25) is 14.2 Å². The molecule has 0 fully saturated rings. The van der Waals surface area contributed by atoms with E-state index in [9.17, 15) is 19.0 Å². The second-order valence-corrected chi connectivity index (χ2v) is 22.7. The number of carbonyl (C=O) groups is 2. The molecule has 1 N–H and O–H groups in total. The van der Waals surface area contributed by atoms with Crippen LogP contribution < -0.4 is 10.2 Å². The lowest BCUT2D eigenvalue weighted by Crippen LogP contribution is -2.47. The number of nitrogens with one attached hydrogen (secondary N) is 1. The Hall–Kier alpha value is -4.37. The van der Waals surface area contributed by atoms with Gasteiger partial charge in [0.25, 0.3) is 7.82 Å². The average Bonchev–Trinajstić information content (AvgIpc) is 3.41. The number of likely N-dealkylation sites (N-methyl/N-ethyl adjacent to an activating group) is 1. The third kappa shape index (κ3) is 58.1. The van der Waals surface area contributed by atoms with Crippen molar-refractivity contribution < 1.29 is 37.3 Å². The van der Waals surface area contributed by atoms with Crippen molar-refractivity contribution >= 4 is 19.7 Å². The largest absolute Gasteiger partial charge is 0.756 e. The van der Waals surface area contributed by atoms with Gasteiger partial charge in [-0.1, -0.05) is 256 Å². The van der Waals surface area contributed by atoms with E-state index in [0.29, 0.717) is 23.9 Å². The maximum Gasteiger partial charge on any atom is 0.306 e. The lowest BCUT2D eigenvalue weighted by atomic mass is 10.0. The van der Waals surface area contributed by atoms with Crippen molar-refractivity contribution in [3.63, 3.8) is 0 Å². The van der Waals surface area contributed by atoms with E-state index >= 15 is 0 Å². The zero-order valence-electron chi connectivity index (χ0n) is 50.8. The molecule has 0 aliphatic heterocycles. The lowest BCUT2D eigenvalue weighted by Gasteiger charge is -2.30. The summed E-state index contributed by atoms with van der Waals surface area (Å²) in [6.45, 7) is 6.50. The molecule has 1 amide bonds. The zero-order valence-corrected chi connectivity index (χ0v) is 51.6. The van der Waals surface area contributed by atoms with Crippen LogP contribution in [0.15, 0.2) is 158 Å². The van der Waals surface area contributed by atoms with Gasteiger partial charge in [0, 0.05) is 12.8 Å². The number of nitrogens with zero attached hydrogens (tertiary/aromatic N) is 1. The number of esters is 1. The van der Waals surface area contributed by atoms with E-state index in [1.165, 1.54) is 57.8 Å². The van der Waals surface area contributed by atoms with E-state index in [4.69, 9.17) is 13.8 Å². The molecule has 3 atom stereocenters. The minimum absolute atomic E-state index is 0.0453. The number of hydrogen-bond donors (Lipinski definition) is 1. The first-order chi connectivity index (χ1) is 38.4. The van der Waals surface area contributed by atoms with Crippen LogP contribution in [-0.2, 0) is 27.9 Å². The lowest BCUT2D eigenvalue weighted by molar-refractivity contribution is -0.870. The number of phosphoric ester groups is 1. The summed E-state index contributed by atoms with van der Waals surface area (Å²) < 4.78 is 30.3. The predicted octanol–water partition coefficient (Wildman–Crippen LogP) is 18.6. The topological polar surface area (TPSA) is 114 Å². The van der Waals surface area contributed by atoms with Crippen LogP contribution in [0.4, 0.5) is 0 Å². The first-order valence-electron chi connectivity index (χ1n) is 30.9. The summed E-state index contributed by atoms with van der Waals surface area (Å²) in [5.74, 6) is -0.636. The third-order valence-electron chi connectivity index (χ3n) is 12.6. The summed E-state index contributed by atoms with van der Waals surface area (Å²) in [6.07, 6.45) is 83.5. The number of rotatable bonds is 53. The van der Waals surface area contributed by atoms with Crippen LogP contribution in [0.5, 0.6) is 0 Å². The van der Waals surface area contributed by atoms with Gasteiger partial charge < -0.3 is 28.5 Å². The smallest absolute Gasteiger partial charge is 0.306 e. The molecule has 0 bridgehead atoms. The summed E-state index contributed by atoms with van der Waals surface area (Å²) in [7, 11) is 1.11. The van der Waals surface area contributed by atoms with Crippen LogP contribution in [-0.4, -0.2) is 69.4 Å². The monoisotopic (exact) mass is 1110 g/mol. The summed E-state index contributed by atoms with van der Waals surface area (Å²) in [6, 6.07) is -0.934. The molecule has 0 rings (SSSR count). The van der Waals surface area contributed by atoms with Crippen molar-refractivity contribution in [1.29, 1.82) is 0 Å². The van der Waals surface area contributed by atoms with E-state index in [2.05, 4.69) is 111 Å². The molecule has 79 heavy (non-hydrogen) atoms. The van der Waals surface area contributed by atoms with E-state index in [1.807, 2.05) is 88.0 Å². The predicted molar refractivity (Wildman–Crippen MR) is 339 cm³/mol. The Morgan fingerprint density at radius 1 is 0.468 bits per heavy atom. The molecule has 10 heteroatoms. The highest BCUT2D eigenvalue weighted by atomic mass is 31.2. The molecular weight excluding hydrogens is 1000 g/mol. The highest BCUT2D eigenvalue weighted by Crippen LogP contribution is 2.38. The fraction of sp³-hybridized carbons (Fsp3) is 0.594. The first-order valence-corrected chi connectivity index (χ1v) is 32.3. The quantitative estimate of drug-likeness (QED) is 0.0161. The number of quaternary nitrogens is 1. The molecule has 0 saturated carbocycles. The normalized spacial score (nSPS) is 14.8. The van der Waals surface area contributed by atoms with Crippen molar-refractivity contribution in [2.45, 2.75) is 226 Å². The van der Waals surface area contributed by atoms with E-state index in [-0.39, 0.29) is 25.4 Å². The Morgan fingerprint density at radius 2 is 0.873 bits per heavy atom. The van der Waals surface area contributed by atoms with Gasteiger partial charge in [0.2, 0.25) is 5.91 Å². The molecule has 0 spiro atoms. The minimum Gasteiger partial charge on any atom is -0.756 e. The minimum atomic E-state index is -4.73. The SMILES string of the molecule is CC\C=C/C=C/C=C/C=C\C=C\C=C\CCCCCC(=O)OC(/C=C\CCCCCCCCCCCCC)C(COP(=O)([O-])OCC[N+](C)(C)C)NC(=O)CCCCCC/C=C\C/C=C\C/C=C\C/C=C\C/C=C\C/C=C\CC. The number of phosphoric acid groups is 1. The molecule has 3 unspecified atom stereocenters. The Bertz CT molecular complexity index is 1910. The Kier molecular flexibility index (Phi) is 53.7. The Balaban J connectivity index is 5.43. The summed E-state index contributed by atoms with van der Waals surface area (Å²) in [4.78, 5) is 40.0. The second-order valence-electron chi connectivity index (χ2n) is 21.2. The Morgan fingerprint density at radius 3 is 1.38 bits per heavy atom. The average molecular weight is 1110 g/mol. The number of amides is 1. The highest BCUT2D eigenvalue weighted by molar-refractivity contribution is 7.45. The number of carbonyl (C=O) groups excluding carboxylic acids is 2. The zero-order chi connectivity index (χ0) is 57.9. The molecule has 0 aromatic rings. The van der Waals surface area contributed by atoms with Crippen molar-refractivity contribution in [2.24, 2.45) is 0 Å². The molecule has 0 aliphatic rings. The van der Waals surface area contributed by atoms with E-state index < -0.39 is 32.5 Å². The number of allylic oxidation sites excluding steroid dienone is 25. The molecule has 0 aromatic heterocycles. The van der Waals surface area contributed by atoms with Crippen molar-refractivity contribution in [1.82, 2.24) is 5.32 Å². The van der Waals surface area contributed by atoms with Crippen molar-refractivity contribution in [3.05, 3.63) is 158 Å². The standard InChI is InChI=1S/C69H113N2O7P/c1-7-10-13-16-19-22-25-28-30-32-33-34-35-36-37-39-40-43-46-49-52-55-58-61-68(72)70-66(65-77-79(74,75)76-64-63-71(4,5)6)67(60-57-54-51-48-45-42-27-24-21-18-15-12-9-3)78-69(73)62-59-56-53-50-47-44-41-38-31-29-26-23-20-17-14-11-8-2/h10-11,13-14,17,19-20,22-23,26,28-31,33-34,36-38,40-41,43-44,47,57,60,66-67H,7-9,12,15-16,18,21,24-25,27,32,35,39,42,45-46,48-56,58-59,61-65H2,1-6H3,(H-,70,72,74,75)/b13-10-,14-11-,20-17+,22-19-,26-23+,30-28-,31-29-,34-33-,37-36-,41-38+,43-40-,47-44+,60-57-. The fourth-order valence-electron chi connectivity index (χ4n) is 7.91. The van der Waals surface area contributed by atoms with Crippen LogP contribution in [0, 0.1) is 0 Å². The van der Waals surface area contributed by atoms with Gasteiger partial charge in [0.05, 0.1) is 33.8 Å². The van der Waals surface area contributed by atoms with Gasteiger partial charge in [-0.05, 0) is 102 Å². The fourth-order valence-corrected chi connectivity index (χ4v) is 8.63. The number of ether oxygens (including phenoxy) is 1. The van der Waals surface area contributed by atoms with E-state index in [1.54, 1.807) is 6.08 Å². The van der Waals surface area contributed by atoms with Crippen LogP contribution in [0.3, 0.4) is 0 Å². The maximum atomic E-state index is 13.5. The van der Waals surface area contributed by atoms with Gasteiger partial charge in [-0.25, -0.2) is 0 Å². The maximum absolute atomic E-state index is 13.5. The summed E-state index contributed by atoms with van der Waals surface area (Å²) in [5.41, 5.74) is 0. The van der Waals surface area contributed by atoms with Gasteiger partial charge in [-0.2, -0.15) is 0 Å². The highest BCUT2D eigenvalue weighted by Gasteiger charge is 2.27. The molecule has 0 heterocycles. The van der Waals surface area contributed by atoms with Crippen molar-refractivity contribution in [2.75, 3.05) is 40.9 Å². The van der Waals surface area contributed by atoms with E-state index in [0.717, 1.165) is 109 Å². The van der Waals surface area contributed by atoms with Crippen LogP contribution in [0.2, 0.25) is 0 Å². The molecular formula is C69H113N2O7P. The molecule has 0 radical (unpaired) electrons. The van der Waals surface area contributed by atoms with Gasteiger partial charge in [0.1, 0.15) is 19.3 Å². The first kappa shape index (κ1) is 74.6. The molecule has 446 valence electrons. The summed E-state index contributed by atoms with van der Waals surface area (Å²) >= 11 is 0. The molecule has 0 saturated heterocycles. The molecule has 0 aromatic carbocycles. The van der Waals surface area contributed by atoms with Crippen LogP contribution >= 0.6 is 7.82 Å². The van der Waals surface area contributed by atoms with Gasteiger partial charge in [-0.15, -0.1) is 0 Å². The number of unbranched alkanes of at least 4 members (excludes halogenated alkanes) is 18. The second kappa shape index (κ2) is 56.9. The number of hydrogen-bond acceptors (Lipinski definition) is 7. The van der Waals surface area contributed by atoms with Gasteiger partial charge >= 0.3 is 5.97 Å². The third-order valence-corrected chi connectivity index (χ3v) is 13.6.